The highest BCUT2D eigenvalue weighted by molar-refractivity contribution is 5.85. The van der Waals surface area contributed by atoms with Crippen LogP contribution in [0.25, 0.3) is 0 Å². The summed E-state index contributed by atoms with van der Waals surface area (Å²) in [6, 6.07) is 0.234. The number of nitrogens with zero attached hydrogens (tertiary/aromatic N) is 2. The average molecular weight is 225 g/mol. The lowest BCUT2D eigenvalue weighted by atomic mass is 10.1. The standard InChI is InChI=1S/C11H19N3O2/c12-9-3-6-13(7-4-9)11(16)8-14-5-1-2-10(14)15/h9H,1-8,12H2. The Labute approximate surface area is 95.6 Å². The molecule has 0 atom stereocenters. The van der Waals surface area contributed by atoms with Crippen molar-refractivity contribution >= 4 is 11.8 Å². The summed E-state index contributed by atoms with van der Waals surface area (Å²) in [6.45, 7) is 2.47. The summed E-state index contributed by atoms with van der Waals surface area (Å²) >= 11 is 0. The van der Waals surface area contributed by atoms with Gasteiger partial charge in [-0.3, -0.25) is 9.59 Å². The zero-order chi connectivity index (χ0) is 11.5. The first kappa shape index (κ1) is 11.4. The molecule has 0 aromatic rings. The first-order valence-electron chi connectivity index (χ1n) is 5.98. The first-order valence-corrected chi connectivity index (χ1v) is 5.98. The minimum Gasteiger partial charge on any atom is -0.341 e. The second-order valence-corrected chi connectivity index (χ2v) is 4.64. The van der Waals surface area contributed by atoms with Crippen molar-refractivity contribution in [2.24, 2.45) is 5.73 Å². The van der Waals surface area contributed by atoms with Gasteiger partial charge in [0.1, 0.15) is 0 Å². The smallest absolute Gasteiger partial charge is 0.242 e. The Kier molecular flexibility index (Phi) is 3.43. The molecular weight excluding hydrogens is 206 g/mol. The molecule has 5 nitrogen and oxygen atoms in total. The summed E-state index contributed by atoms with van der Waals surface area (Å²) in [5, 5.41) is 0. The normalized spacial score (nSPS) is 22.9. The van der Waals surface area contributed by atoms with Crippen LogP contribution in [0, 0.1) is 0 Å². The Hall–Kier alpha value is -1.10. The van der Waals surface area contributed by atoms with Gasteiger partial charge in [-0.2, -0.15) is 0 Å². The Morgan fingerprint density at radius 3 is 2.56 bits per heavy atom. The van der Waals surface area contributed by atoms with Crippen molar-refractivity contribution < 1.29 is 9.59 Å². The number of hydrogen-bond acceptors (Lipinski definition) is 3. The summed E-state index contributed by atoms with van der Waals surface area (Å²) in [5.41, 5.74) is 5.78. The van der Waals surface area contributed by atoms with Gasteiger partial charge < -0.3 is 15.5 Å². The van der Waals surface area contributed by atoms with Gasteiger partial charge in [-0.1, -0.05) is 0 Å². The molecule has 2 aliphatic rings. The molecular formula is C11H19N3O2. The fraction of sp³-hybridized carbons (Fsp3) is 0.818. The lowest BCUT2D eigenvalue weighted by molar-refractivity contribution is -0.139. The molecule has 90 valence electrons. The van der Waals surface area contributed by atoms with Crippen LogP contribution < -0.4 is 5.73 Å². The van der Waals surface area contributed by atoms with Crippen LogP contribution in [0.15, 0.2) is 0 Å². The van der Waals surface area contributed by atoms with Crippen molar-refractivity contribution in [3.8, 4) is 0 Å². The maximum atomic E-state index is 11.9. The van der Waals surface area contributed by atoms with E-state index in [2.05, 4.69) is 0 Å². The fourth-order valence-corrected chi connectivity index (χ4v) is 2.28. The van der Waals surface area contributed by atoms with Gasteiger partial charge in [0.15, 0.2) is 0 Å². The summed E-state index contributed by atoms with van der Waals surface area (Å²) in [6.07, 6.45) is 3.23. The van der Waals surface area contributed by atoms with Crippen molar-refractivity contribution in [1.29, 1.82) is 0 Å². The van der Waals surface area contributed by atoms with Crippen molar-refractivity contribution in [3.63, 3.8) is 0 Å². The van der Waals surface area contributed by atoms with E-state index in [1.165, 1.54) is 0 Å². The highest BCUT2D eigenvalue weighted by Crippen LogP contribution is 2.12. The summed E-state index contributed by atoms with van der Waals surface area (Å²) in [4.78, 5) is 26.8. The number of carbonyl (C=O) groups is 2. The molecule has 2 saturated heterocycles. The quantitative estimate of drug-likeness (QED) is 0.692. The van der Waals surface area contributed by atoms with E-state index in [4.69, 9.17) is 5.73 Å². The second kappa shape index (κ2) is 4.82. The van der Waals surface area contributed by atoms with Crippen molar-refractivity contribution in [2.45, 2.75) is 31.7 Å². The van der Waals surface area contributed by atoms with Crippen molar-refractivity contribution in [2.75, 3.05) is 26.2 Å². The maximum Gasteiger partial charge on any atom is 0.242 e. The molecule has 0 bridgehead atoms. The number of piperidine rings is 1. The third-order valence-electron chi connectivity index (χ3n) is 3.39. The average Bonchev–Trinajstić information content (AvgIpc) is 2.65. The molecule has 2 N–H and O–H groups in total. The SMILES string of the molecule is NC1CCN(C(=O)CN2CCCC2=O)CC1. The predicted molar refractivity (Wildman–Crippen MR) is 59.6 cm³/mol. The molecule has 0 aromatic heterocycles. The zero-order valence-electron chi connectivity index (χ0n) is 9.52. The van der Waals surface area contributed by atoms with E-state index in [1.54, 1.807) is 4.90 Å². The topological polar surface area (TPSA) is 66.6 Å². The number of nitrogens with two attached hydrogens (primary N) is 1. The van der Waals surface area contributed by atoms with Crippen LogP contribution in [0.3, 0.4) is 0 Å². The van der Waals surface area contributed by atoms with Gasteiger partial charge in [-0.05, 0) is 19.3 Å². The van der Waals surface area contributed by atoms with Gasteiger partial charge in [-0.25, -0.2) is 0 Å². The molecule has 16 heavy (non-hydrogen) atoms. The molecule has 0 unspecified atom stereocenters. The lowest BCUT2D eigenvalue weighted by Gasteiger charge is -2.31. The third kappa shape index (κ3) is 2.52. The third-order valence-corrected chi connectivity index (χ3v) is 3.39. The zero-order valence-corrected chi connectivity index (χ0v) is 9.52. The van der Waals surface area contributed by atoms with Crippen LogP contribution in [-0.2, 0) is 9.59 Å². The molecule has 0 radical (unpaired) electrons. The molecule has 0 aliphatic carbocycles. The first-order chi connectivity index (χ1) is 7.66. The van der Waals surface area contributed by atoms with Crippen LogP contribution in [0.4, 0.5) is 0 Å². The van der Waals surface area contributed by atoms with E-state index < -0.39 is 0 Å². The van der Waals surface area contributed by atoms with Crippen LogP contribution in [0.2, 0.25) is 0 Å². The molecule has 0 saturated carbocycles. The number of likely N-dealkylation sites (tertiary alicyclic amines) is 2. The van der Waals surface area contributed by atoms with Gasteiger partial charge in [-0.15, -0.1) is 0 Å². The van der Waals surface area contributed by atoms with E-state index in [0.717, 1.165) is 38.9 Å². The number of rotatable bonds is 2. The molecule has 2 aliphatic heterocycles. The van der Waals surface area contributed by atoms with Gasteiger partial charge >= 0.3 is 0 Å². The minimum absolute atomic E-state index is 0.0714. The summed E-state index contributed by atoms with van der Waals surface area (Å²) < 4.78 is 0. The van der Waals surface area contributed by atoms with E-state index in [1.807, 2.05) is 4.90 Å². The van der Waals surface area contributed by atoms with E-state index in [-0.39, 0.29) is 24.4 Å². The maximum absolute atomic E-state index is 11.9. The second-order valence-electron chi connectivity index (χ2n) is 4.64. The fourth-order valence-electron chi connectivity index (χ4n) is 2.28. The van der Waals surface area contributed by atoms with Crippen LogP contribution >= 0.6 is 0 Å². The van der Waals surface area contributed by atoms with Gasteiger partial charge in [0.25, 0.3) is 0 Å². The molecule has 5 heteroatoms. The number of hydrogen-bond donors (Lipinski definition) is 1. The number of carbonyl (C=O) groups excluding carboxylic acids is 2. The number of amides is 2. The molecule has 0 spiro atoms. The predicted octanol–water partition coefficient (Wildman–Crippen LogP) is -0.441. The van der Waals surface area contributed by atoms with Gasteiger partial charge in [0.05, 0.1) is 6.54 Å². The molecule has 2 heterocycles. The Morgan fingerprint density at radius 1 is 1.31 bits per heavy atom. The highest BCUT2D eigenvalue weighted by atomic mass is 16.2. The summed E-state index contributed by atoms with van der Waals surface area (Å²) in [7, 11) is 0. The van der Waals surface area contributed by atoms with E-state index in [0.29, 0.717) is 6.42 Å². The summed E-state index contributed by atoms with van der Waals surface area (Å²) in [5.74, 6) is 0.184. The van der Waals surface area contributed by atoms with Crippen molar-refractivity contribution in [3.05, 3.63) is 0 Å². The molecule has 2 fully saturated rings. The molecule has 2 rings (SSSR count). The minimum atomic E-state index is 0.0714. The van der Waals surface area contributed by atoms with Gasteiger partial charge in [0.2, 0.25) is 11.8 Å². The Balaban J connectivity index is 1.81. The molecule has 2 amide bonds. The van der Waals surface area contributed by atoms with Crippen LogP contribution in [0.5, 0.6) is 0 Å². The largest absolute Gasteiger partial charge is 0.341 e. The Bertz CT molecular complexity index is 285. The van der Waals surface area contributed by atoms with Crippen molar-refractivity contribution in [1.82, 2.24) is 9.80 Å². The van der Waals surface area contributed by atoms with Crippen LogP contribution in [-0.4, -0.2) is 53.8 Å². The van der Waals surface area contributed by atoms with Crippen LogP contribution in [0.1, 0.15) is 25.7 Å². The molecule has 0 aromatic carbocycles. The monoisotopic (exact) mass is 225 g/mol. The Morgan fingerprint density at radius 2 is 2.00 bits per heavy atom. The van der Waals surface area contributed by atoms with E-state index >= 15 is 0 Å². The lowest BCUT2D eigenvalue weighted by Crippen LogP contribution is -2.46. The highest BCUT2D eigenvalue weighted by Gasteiger charge is 2.26. The van der Waals surface area contributed by atoms with E-state index in [9.17, 15) is 9.59 Å². The van der Waals surface area contributed by atoms with Gasteiger partial charge in [0, 0.05) is 32.1 Å².